The van der Waals surface area contributed by atoms with Crippen molar-refractivity contribution in [2.75, 3.05) is 34.3 Å². The summed E-state index contributed by atoms with van der Waals surface area (Å²) < 4.78 is 7.19. The van der Waals surface area contributed by atoms with Gasteiger partial charge in [-0.1, -0.05) is 28.7 Å². The second-order valence-corrected chi connectivity index (χ2v) is 6.64. The Bertz CT molecular complexity index is 840. The number of hydrogen-bond donors (Lipinski definition) is 2. The van der Waals surface area contributed by atoms with Gasteiger partial charge in [0.2, 0.25) is 11.9 Å². The van der Waals surface area contributed by atoms with Crippen molar-refractivity contribution in [2.24, 2.45) is 4.99 Å². The second-order valence-electron chi connectivity index (χ2n) is 6.23. The Kier molecular flexibility index (Phi) is 5.33. The number of likely N-dealkylation sites (N-methyl/N-ethyl adjacent to an activating group) is 2. The molecule has 0 aromatic heterocycles. The Balaban J connectivity index is 1.74. The molecule has 0 radical (unpaired) electrons. The van der Waals surface area contributed by atoms with Gasteiger partial charge in [0.25, 0.3) is 5.91 Å². The molecule has 2 unspecified atom stereocenters. The number of aliphatic hydroxyl groups excluding tert-OH is 1. The third-order valence-electron chi connectivity index (χ3n) is 4.43. The van der Waals surface area contributed by atoms with E-state index in [1.165, 1.54) is 11.9 Å². The van der Waals surface area contributed by atoms with Crippen LogP contribution in [0.1, 0.15) is 0 Å². The highest BCUT2D eigenvalue weighted by molar-refractivity contribution is 6.32. The van der Waals surface area contributed by atoms with Gasteiger partial charge in [0, 0.05) is 14.1 Å². The Morgan fingerprint density at radius 2 is 2.04 bits per heavy atom. The number of carbonyl (C=O) groups excluding carboxylic acids is 2. The molecule has 1 fully saturated rings. The molecule has 1 aromatic rings. The van der Waals surface area contributed by atoms with E-state index in [9.17, 15) is 14.7 Å². The number of amides is 3. The summed E-state index contributed by atoms with van der Waals surface area (Å²) in [6.07, 6.45) is -0.916. The molecule has 2 aliphatic rings. The van der Waals surface area contributed by atoms with Gasteiger partial charge in [0.1, 0.15) is 18.5 Å². The smallest absolute Gasteiger partial charge is 0.389 e. The molecule has 1 saturated heterocycles. The number of aliphatic imine (C=N–C) groups is 1. The van der Waals surface area contributed by atoms with E-state index in [-0.39, 0.29) is 13.2 Å². The summed E-state index contributed by atoms with van der Waals surface area (Å²) in [5.41, 5.74) is 0. The zero-order chi connectivity index (χ0) is 19.7. The summed E-state index contributed by atoms with van der Waals surface area (Å²) in [5.74, 6) is 0.788. The van der Waals surface area contributed by atoms with E-state index < -0.39 is 24.1 Å². The van der Waals surface area contributed by atoms with Gasteiger partial charge in [0.05, 0.1) is 18.6 Å². The highest BCUT2D eigenvalue weighted by Crippen LogP contribution is 2.23. The van der Waals surface area contributed by atoms with Gasteiger partial charge in [-0.2, -0.15) is 0 Å². The number of fused-ring (bicyclic) bond motifs is 1. The molecule has 3 amide bonds. The molecule has 10 heteroatoms. The molecule has 9 nitrogen and oxygen atoms in total. The van der Waals surface area contributed by atoms with Crippen molar-refractivity contribution in [3.05, 3.63) is 29.3 Å². The third kappa shape index (κ3) is 3.47. The third-order valence-corrected chi connectivity index (χ3v) is 4.74. The Hall–Kier alpha value is -2.65. The predicted molar refractivity (Wildman–Crippen MR) is 99.3 cm³/mol. The highest BCUT2D eigenvalue weighted by Gasteiger charge is 2.51. The first-order chi connectivity index (χ1) is 12.8. The van der Waals surface area contributed by atoms with E-state index in [0.717, 1.165) is 4.90 Å². The lowest BCUT2D eigenvalue weighted by Gasteiger charge is -2.32. The minimum Gasteiger partial charge on any atom is -0.489 e. The van der Waals surface area contributed by atoms with E-state index in [0.29, 0.717) is 22.6 Å². The van der Waals surface area contributed by atoms with Crippen LogP contribution in [0.3, 0.4) is 0 Å². The number of aliphatic hydroxyl groups is 1. The fraction of sp³-hybridized carbons (Fsp3) is 0.412. The van der Waals surface area contributed by atoms with Crippen molar-refractivity contribution in [3.63, 3.8) is 0 Å². The van der Waals surface area contributed by atoms with Crippen molar-refractivity contribution in [1.29, 1.82) is 0 Å². The number of nitrogens with one attached hydrogen (secondary N) is 1. The van der Waals surface area contributed by atoms with Crippen LogP contribution in [-0.4, -0.2) is 89.7 Å². The van der Waals surface area contributed by atoms with Gasteiger partial charge in [-0.15, -0.1) is 0 Å². The molecule has 0 spiro atoms. The van der Waals surface area contributed by atoms with Gasteiger partial charge >= 0.3 is 12.0 Å². The van der Waals surface area contributed by atoms with Crippen LogP contribution in [0.4, 0.5) is 4.79 Å². The lowest BCUT2D eigenvalue weighted by Crippen LogP contribution is -2.62. The number of rotatable bonds is 5. The summed E-state index contributed by atoms with van der Waals surface area (Å²) in [4.78, 5) is 31.5. The van der Waals surface area contributed by atoms with Gasteiger partial charge in [-0.3, -0.25) is 19.9 Å². The number of halogens is 1. The highest BCUT2D eigenvalue weighted by atomic mass is 35.5. The van der Waals surface area contributed by atoms with Crippen molar-refractivity contribution in [3.8, 4) is 5.75 Å². The number of ether oxygens (including phenoxy) is 1. The van der Waals surface area contributed by atoms with Gasteiger partial charge in [-0.05, 0) is 12.1 Å². The first-order valence-corrected chi connectivity index (χ1v) is 8.73. The minimum absolute atomic E-state index is 0.0158. The topological polar surface area (TPSA) is 97.5 Å². The molecular formula is C17H21ClN5O4+. The van der Waals surface area contributed by atoms with E-state index >= 15 is 0 Å². The Morgan fingerprint density at radius 3 is 2.70 bits per heavy atom. The van der Waals surface area contributed by atoms with E-state index in [2.05, 4.69) is 10.3 Å². The van der Waals surface area contributed by atoms with Gasteiger partial charge in [-0.25, -0.2) is 9.37 Å². The number of carbonyl (C=O) groups is 2. The molecule has 0 aliphatic carbocycles. The van der Waals surface area contributed by atoms with Crippen LogP contribution in [0, 0.1) is 0 Å². The zero-order valence-electron chi connectivity index (χ0n) is 15.2. The maximum Gasteiger partial charge on any atom is 0.389 e. The molecule has 2 aliphatic heterocycles. The molecule has 3 rings (SSSR count). The zero-order valence-corrected chi connectivity index (χ0v) is 16.0. The van der Waals surface area contributed by atoms with Crippen LogP contribution in [0.5, 0.6) is 5.75 Å². The molecule has 0 saturated carbocycles. The number of para-hydroxylation sites is 1. The van der Waals surface area contributed by atoms with Crippen LogP contribution in [-0.2, 0) is 4.79 Å². The van der Waals surface area contributed by atoms with Crippen LogP contribution in [0.2, 0.25) is 5.02 Å². The van der Waals surface area contributed by atoms with Crippen molar-refractivity contribution < 1.29 is 24.0 Å². The number of guanidine groups is 1. The number of hydrogen-bond acceptors (Lipinski definition) is 6. The standard InChI is InChI=1S/C17H20ClN5O4/c1-19-16-20-14-13(15(25)22(3)17(26)21(14)2)23(16)8-10(24)9-27-12-7-5-4-6-11(12)18/h4-7,10,13,24H,8-9H2,1-3H3/p+1. The number of urea groups is 1. The summed E-state index contributed by atoms with van der Waals surface area (Å²) in [5, 5.41) is 13.8. The average Bonchev–Trinajstić information content (AvgIpc) is 3.02. The van der Waals surface area contributed by atoms with Crippen molar-refractivity contribution >= 4 is 35.3 Å². The number of nitrogens with zero attached hydrogens (tertiary/aromatic N) is 4. The number of amidine groups is 1. The fourth-order valence-corrected chi connectivity index (χ4v) is 3.21. The summed E-state index contributed by atoms with van der Waals surface area (Å²) >= 11 is 6.04. The fourth-order valence-electron chi connectivity index (χ4n) is 3.02. The number of β-amino-alcohol motifs (C(OH)–C–C–N with tert-alkyl or cyclic N) is 1. The maximum atomic E-state index is 12.6. The number of imide groups is 1. The van der Waals surface area contributed by atoms with E-state index in [1.807, 2.05) is 0 Å². The van der Waals surface area contributed by atoms with Crippen molar-refractivity contribution in [2.45, 2.75) is 12.1 Å². The quantitative estimate of drug-likeness (QED) is 0.684. The maximum absolute atomic E-state index is 12.6. The molecule has 144 valence electrons. The summed E-state index contributed by atoms with van der Waals surface area (Å²) in [6.45, 7) is 0.0674. The minimum atomic E-state index is -0.916. The monoisotopic (exact) mass is 394 g/mol. The molecular weight excluding hydrogens is 374 g/mol. The van der Waals surface area contributed by atoms with Crippen LogP contribution < -0.4 is 10.1 Å². The van der Waals surface area contributed by atoms with E-state index in [1.54, 1.807) is 42.9 Å². The Morgan fingerprint density at radius 1 is 1.33 bits per heavy atom. The Labute approximate surface area is 161 Å². The average molecular weight is 395 g/mol. The normalized spacial score (nSPS) is 20.6. The molecule has 2 atom stereocenters. The number of benzene rings is 1. The van der Waals surface area contributed by atoms with Crippen molar-refractivity contribution in [1.82, 2.24) is 15.1 Å². The predicted octanol–water partition coefficient (Wildman–Crippen LogP) is -0.0279. The summed E-state index contributed by atoms with van der Waals surface area (Å²) in [7, 11) is 4.64. The van der Waals surface area contributed by atoms with Crippen LogP contribution in [0.15, 0.2) is 29.3 Å². The van der Waals surface area contributed by atoms with Gasteiger partial charge in [0.15, 0.2) is 0 Å². The SMILES string of the molecule is CNC1=[N+](CC(O)COc2ccccc2Cl)C2C(=O)N(C)C(=O)N(C)C2=N1. The molecule has 2 N–H and O–H groups in total. The van der Waals surface area contributed by atoms with E-state index in [4.69, 9.17) is 16.3 Å². The second kappa shape index (κ2) is 7.53. The first kappa shape index (κ1) is 19.1. The van der Waals surface area contributed by atoms with Gasteiger partial charge < -0.3 is 9.84 Å². The molecule has 1 aromatic carbocycles. The van der Waals surface area contributed by atoms with Crippen LogP contribution >= 0.6 is 11.6 Å². The lowest BCUT2D eigenvalue weighted by molar-refractivity contribution is -0.545. The molecule has 27 heavy (non-hydrogen) atoms. The lowest BCUT2D eigenvalue weighted by atomic mass is 10.1. The largest absolute Gasteiger partial charge is 0.489 e. The molecule has 0 bridgehead atoms. The molecule has 2 heterocycles. The van der Waals surface area contributed by atoms with Crippen LogP contribution in [0.25, 0.3) is 0 Å². The first-order valence-electron chi connectivity index (χ1n) is 8.35. The summed E-state index contributed by atoms with van der Waals surface area (Å²) in [6, 6.07) is 5.73.